The number of anilines is 1. The van der Waals surface area contributed by atoms with Gasteiger partial charge in [0.1, 0.15) is 5.82 Å². The van der Waals surface area contributed by atoms with Gasteiger partial charge in [-0.1, -0.05) is 50.1 Å². The van der Waals surface area contributed by atoms with Crippen LogP contribution in [-0.4, -0.2) is 34.9 Å². The number of ether oxygens (including phenoxy) is 1. The largest absolute Gasteiger partial charge is 0.385 e. The van der Waals surface area contributed by atoms with Crippen molar-refractivity contribution in [2.24, 2.45) is 0 Å². The molecule has 0 atom stereocenters. The third-order valence-corrected chi connectivity index (χ3v) is 4.41. The molecule has 0 amide bonds. The van der Waals surface area contributed by atoms with Crippen LogP contribution in [0.5, 0.6) is 0 Å². The quantitative estimate of drug-likeness (QED) is 0.512. The van der Waals surface area contributed by atoms with Gasteiger partial charge in [-0.3, -0.25) is 0 Å². The smallest absolute Gasteiger partial charge is 0.154 e. The topological polar surface area (TPSA) is 51.5 Å². The molecule has 0 saturated heterocycles. The molecule has 0 unspecified atom stereocenters. The highest BCUT2D eigenvalue weighted by Gasteiger charge is 2.08. The highest BCUT2D eigenvalue weighted by Crippen LogP contribution is 2.22. The van der Waals surface area contributed by atoms with E-state index in [1.165, 1.54) is 18.4 Å². The second-order valence-electron chi connectivity index (χ2n) is 6.58. The van der Waals surface area contributed by atoms with Gasteiger partial charge in [0.2, 0.25) is 0 Å². The summed E-state index contributed by atoms with van der Waals surface area (Å²) >= 11 is 0. The summed E-state index contributed by atoms with van der Waals surface area (Å²) < 4.78 is 6.99. The van der Waals surface area contributed by atoms with Crippen molar-refractivity contribution in [3.63, 3.8) is 0 Å². The molecule has 5 nitrogen and oxygen atoms in total. The van der Waals surface area contributed by atoms with Gasteiger partial charge in [0.25, 0.3) is 0 Å². The predicted octanol–water partition coefficient (Wildman–Crippen LogP) is 5.05. The third kappa shape index (κ3) is 5.17. The number of benzene rings is 1. The Morgan fingerprint density at radius 2 is 2.11 bits per heavy atom. The summed E-state index contributed by atoms with van der Waals surface area (Å²) in [5.41, 5.74) is 4.15. The van der Waals surface area contributed by atoms with Crippen molar-refractivity contribution in [2.75, 3.05) is 25.6 Å². The molecule has 0 spiro atoms. The van der Waals surface area contributed by atoms with Crippen LogP contribution >= 0.6 is 0 Å². The molecular formula is C22H28N4O. The van der Waals surface area contributed by atoms with Crippen molar-refractivity contribution in [3.8, 4) is 11.3 Å². The molecular weight excluding hydrogens is 336 g/mol. The van der Waals surface area contributed by atoms with Gasteiger partial charge in [-0.05, 0) is 36.6 Å². The minimum Gasteiger partial charge on any atom is -0.385 e. The third-order valence-electron chi connectivity index (χ3n) is 4.41. The zero-order valence-electron chi connectivity index (χ0n) is 16.2. The van der Waals surface area contributed by atoms with Crippen molar-refractivity contribution in [3.05, 3.63) is 54.2 Å². The van der Waals surface area contributed by atoms with Crippen LogP contribution < -0.4 is 5.32 Å². The van der Waals surface area contributed by atoms with Crippen molar-refractivity contribution in [1.29, 1.82) is 0 Å². The number of hydrogen-bond acceptors (Lipinski definition) is 4. The monoisotopic (exact) mass is 364 g/mol. The van der Waals surface area contributed by atoms with E-state index in [0.717, 1.165) is 48.7 Å². The molecule has 1 N–H and O–H groups in total. The summed E-state index contributed by atoms with van der Waals surface area (Å²) in [5, 5.41) is 8.05. The molecule has 0 aliphatic carbocycles. The summed E-state index contributed by atoms with van der Waals surface area (Å²) in [6.45, 7) is 3.78. The Labute approximate surface area is 161 Å². The SMILES string of the molecule is CCCCC=Cc1cccc(-c2cnc3ccc(NCCCOC)nn23)c1. The van der Waals surface area contributed by atoms with Crippen LogP contribution in [0.15, 0.2) is 48.7 Å². The van der Waals surface area contributed by atoms with Gasteiger partial charge in [-0.2, -0.15) is 0 Å². The van der Waals surface area contributed by atoms with E-state index in [4.69, 9.17) is 9.84 Å². The number of rotatable bonds is 10. The van der Waals surface area contributed by atoms with Crippen molar-refractivity contribution < 1.29 is 4.74 Å². The van der Waals surface area contributed by atoms with E-state index in [2.05, 4.69) is 53.6 Å². The average molecular weight is 364 g/mol. The first-order chi connectivity index (χ1) is 13.3. The maximum atomic E-state index is 5.09. The lowest BCUT2D eigenvalue weighted by atomic mass is 10.1. The molecule has 142 valence electrons. The zero-order valence-corrected chi connectivity index (χ0v) is 16.2. The second kappa shape index (κ2) is 9.88. The standard InChI is InChI=1S/C22H28N4O/c1-3-4-5-6-9-18-10-7-11-19(16-18)20-17-24-22-13-12-21(25-26(20)22)23-14-8-15-27-2/h6-7,9-13,16-17H,3-5,8,14-15H2,1-2H3,(H,23,25). The van der Waals surface area contributed by atoms with E-state index in [1.54, 1.807) is 7.11 Å². The summed E-state index contributed by atoms with van der Waals surface area (Å²) in [5.74, 6) is 0.841. The van der Waals surface area contributed by atoms with Crippen molar-refractivity contribution >= 4 is 17.5 Å². The molecule has 0 bridgehead atoms. The summed E-state index contributed by atoms with van der Waals surface area (Å²) in [6.07, 6.45) is 10.8. The fourth-order valence-corrected chi connectivity index (χ4v) is 2.94. The summed E-state index contributed by atoms with van der Waals surface area (Å²) in [6, 6.07) is 12.5. The lowest BCUT2D eigenvalue weighted by molar-refractivity contribution is 0.197. The van der Waals surface area contributed by atoms with E-state index in [0.29, 0.717) is 0 Å². The number of imidazole rings is 1. The fourth-order valence-electron chi connectivity index (χ4n) is 2.94. The number of nitrogens with zero attached hydrogens (tertiary/aromatic N) is 3. The molecule has 0 fully saturated rings. The van der Waals surface area contributed by atoms with Crippen LogP contribution in [0, 0.1) is 0 Å². The fraction of sp³-hybridized carbons (Fsp3) is 0.364. The minimum absolute atomic E-state index is 0.740. The van der Waals surface area contributed by atoms with Crippen LogP contribution in [0.2, 0.25) is 0 Å². The van der Waals surface area contributed by atoms with E-state index >= 15 is 0 Å². The first-order valence-electron chi connectivity index (χ1n) is 9.66. The Morgan fingerprint density at radius 3 is 2.96 bits per heavy atom. The molecule has 5 heteroatoms. The molecule has 0 saturated carbocycles. The minimum atomic E-state index is 0.740. The lowest BCUT2D eigenvalue weighted by Gasteiger charge is -2.07. The molecule has 1 aromatic carbocycles. The molecule has 0 aliphatic rings. The van der Waals surface area contributed by atoms with E-state index in [9.17, 15) is 0 Å². The van der Waals surface area contributed by atoms with Gasteiger partial charge in [-0.15, -0.1) is 5.10 Å². The molecule has 0 aliphatic heterocycles. The Kier molecular flexibility index (Phi) is 6.99. The number of nitrogens with one attached hydrogen (secondary N) is 1. The molecule has 0 radical (unpaired) electrons. The lowest BCUT2D eigenvalue weighted by Crippen LogP contribution is -2.08. The molecule has 2 heterocycles. The van der Waals surface area contributed by atoms with Crippen molar-refractivity contribution in [2.45, 2.75) is 32.6 Å². The van der Waals surface area contributed by atoms with E-state index < -0.39 is 0 Å². The number of unbranched alkanes of at least 4 members (excludes halogenated alkanes) is 2. The van der Waals surface area contributed by atoms with Crippen LogP contribution in [0.25, 0.3) is 23.0 Å². The Hall–Kier alpha value is -2.66. The number of fused-ring (bicyclic) bond motifs is 1. The number of aromatic nitrogens is 3. The first-order valence-corrected chi connectivity index (χ1v) is 9.66. The Morgan fingerprint density at radius 1 is 1.19 bits per heavy atom. The number of hydrogen-bond donors (Lipinski definition) is 1. The van der Waals surface area contributed by atoms with Gasteiger partial charge in [0, 0.05) is 25.8 Å². The maximum Gasteiger partial charge on any atom is 0.154 e. The summed E-state index contributed by atoms with van der Waals surface area (Å²) in [4.78, 5) is 4.50. The number of allylic oxidation sites excluding steroid dienone is 1. The number of methoxy groups -OCH3 is 1. The van der Waals surface area contributed by atoms with Crippen molar-refractivity contribution in [1.82, 2.24) is 14.6 Å². The molecule has 27 heavy (non-hydrogen) atoms. The maximum absolute atomic E-state index is 5.09. The first kappa shape index (κ1) is 19.1. The van der Waals surface area contributed by atoms with E-state index in [-0.39, 0.29) is 0 Å². The van der Waals surface area contributed by atoms with Crippen LogP contribution in [-0.2, 0) is 4.74 Å². The van der Waals surface area contributed by atoms with Crippen LogP contribution in [0.3, 0.4) is 0 Å². The van der Waals surface area contributed by atoms with Gasteiger partial charge in [0.15, 0.2) is 5.65 Å². The predicted molar refractivity (Wildman–Crippen MR) is 112 cm³/mol. The Balaban J connectivity index is 1.80. The van der Waals surface area contributed by atoms with Crippen LogP contribution in [0.1, 0.15) is 38.2 Å². The highest BCUT2D eigenvalue weighted by molar-refractivity contribution is 5.67. The van der Waals surface area contributed by atoms with Gasteiger partial charge >= 0.3 is 0 Å². The second-order valence-corrected chi connectivity index (χ2v) is 6.58. The Bertz CT molecular complexity index is 885. The van der Waals surface area contributed by atoms with Gasteiger partial charge in [-0.25, -0.2) is 9.50 Å². The van der Waals surface area contributed by atoms with E-state index in [1.807, 2.05) is 22.8 Å². The highest BCUT2D eigenvalue weighted by atomic mass is 16.5. The molecule has 3 aromatic rings. The van der Waals surface area contributed by atoms with Crippen LogP contribution in [0.4, 0.5) is 5.82 Å². The summed E-state index contributed by atoms with van der Waals surface area (Å²) in [7, 11) is 1.72. The molecule has 3 rings (SSSR count). The van der Waals surface area contributed by atoms with Gasteiger partial charge < -0.3 is 10.1 Å². The molecule has 2 aromatic heterocycles. The average Bonchev–Trinajstić information content (AvgIpc) is 3.12. The zero-order chi connectivity index (χ0) is 18.9. The normalized spacial score (nSPS) is 11.5. The van der Waals surface area contributed by atoms with Gasteiger partial charge in [0.05, 0.1) is 11.9 Å².